The van der Waals surface area contributed by atoms with E-state index in [-0.39, 0.29) is 12.3 Å². The third kappa shape index (κ3) is 1.79. The Bertz CT molecular complexity index is 418. The van der Waals surface area contributed by atoms with Gasteiger partial charge in [0.25, 0.3) is 0 Å². The van der Waals surface area contributed by atoms with Gasteiger partial charge in [-0.15, -0.1) is 0 Å². The van der Waals surface area contributed by atoms with Crippen LogP contribution in [0.15, 0.2) is 0 Å². The molecule has 1 aromatic carbocycles. The molecule has 0 heterocycles. The fourth-order valence-electron chi connectivity index (χ4n) is 2.49. The van der Waals surface area contributed by atoms with E-state index in [0.717, 1.165) is 30.4 Å². The molecule has 0 saturated heterocycles. The van der Waals surface area contributed by atoms with Crippen molar-refractivity contribution < 1.29 is 10.3 Å². The van der Waals surface area contributed by atoms with Crippen molar-refractivity contribution in [2.24, 2.45) is 0 Å². The molecule has 3 nitrogen and oxygen atoms in total. The molecule has 1 aromatic rings. The summed E-state index contributed by atoms with van der Waals surface area (Å²) in [6.07, 6.45) is 4.25. The maximum absolute atomic E-state index is 9.98. The molecule has 1 aliphatic rings. The molecule has 4 heteroatoms. The predicted molar refractivity (Wildman–Crippen MR) is 63.1 cm³/mol. The van der Waals surface area contributed by atoms with Crippen LogP contribution in [-0.2, 0) is 19.4 Å². The number of hydrogen-bond donors (Lipinski definition) is 3. The van der Waals surface area contributed by atoms with Crippen molar-refractivity contribution in [2.75, 3.05) is 0 Å². The summed E-state index contributed by atoms with van der Waals surface area (Å²) in [5.41, 5.74) is 6.17. The topological polar surface area (TPSA) is 52.5 Å². The van der Waals surface area contributed by atoms with E-state index in [0.29, 0.717) is 10.6 Å². The van der Waals surface area contributed by atoms with Gasteiger partial charge < -0.3 is 10.3 Å². The van der Waals surface area contributed by atoms with Gasteiger partial charge in [-0.3, -0.25) is 0 Å². The Morgan fingerprint density at radius 1 is 1.25 bits per heavy atom. The van der Waals surface area contributed by atoms with E-state index < -0.39 is 0 Å². The van der Waals surface area contributed by atoms with Crippen LogP contribution in [-0.4, -0.2) is 10.3 Å². The normalized spacial score (nSPS) is 14.9. The molecule has 0 aliphatic heterocycles. The molecule has 88 valence electrons. The van der Waals surface area contributed by atoms with Crippen LogP contribution in [0.2, 0.25) is 5.02 Å². The van der Waals surface area contributed by atoms with Crippen molar-refractivity contribution in [1.29, 1.82) is 0 Å². The van der Waals surface area contributed by atoms with E-state index in [1.165, 1.54) is 12.0 Å². The fraction of sp³-hybridized carbons (Fsp3) is 0.500. The minimum absolute atomic E-state index is 0.112. The Morgan fingerprint density at radius 3 is 2.50 bits per heavy atom. The van der Waals surface area contributed by atoms with E-state index >= 15 is 0 Å². The van der Waals surface area contributed by atoms with Crippen LogP contribution in [0.3, 0.4) is 0 Å². The summed E-state index contributed by atoms with van der Waals surface area (Å²) in [5, 5.41) is 19.2. The quantitative estimate of drug-likeness (QED) is 0.698. The first kappa shape index (κ1) is 11.7. The molecular weight excluding hydrogens is 226 g/mol. The maximum atomic E-state index is 9.98. The van der Waals surface area contributed by atoms with E-state index in [2.05, 4.69) is 5.48 Å². The number of phenols is 1. The molecule has 0 saturated carbocycles. The first-order chi connectivity index (χ1) is 7.66. The first-order valence-corrected chi connectivity index (χ1v) is 5.93. The molecule has 0 radical (unpaired) electrons. The number of hydrogen-bond acceptors (Lipinski definition) is 3. The first-order valence-electron chi connectivity index (χ1n) is 5.55. The summed E-state index contributed by atoms with van der Waals surface area (Å²) in [7, 11) is 0. The molecule has 0 fully saturated rings. The predicted octanol–water partition coefficient (Wildman–Crippen LogP) is 2.71. The number of fused-ring (bicyclic) bond motifs is 1. The number of rotatable bonds is 2. The molecule has 0 atom stereocenters. The van der Waals surface area contributed by atoms with Crippen molar-refractivity contribution in [3.8, 4) is 5.75 Å². The van der Waals surface area contributed by atoms with Gasteiger partial charge in [0.15, 0.2) is 0 Å². The maximum Gasteiger partial charge on any atom is 0.139 e. The second-order valence-corrected chi connectivity index (χ2v) is 4.64. The van der Waals surface area contributed by atoms with Crippen molar-refractivity contribution in [3.05, 3.63) is 27.3 Å². The van der Waals surface area contributed by atoms with Crippen LogP contribution >= 0.6 is 11.6 Å². The summed E-state index contributed by atoms with van der Waals surface area (Å²) >= 11 is 6.16. The van der Waals surface area contributed by atoms with E-state index in [1.54, 1.807) is 0 Å². The molecule has 16 heavy (non-hydrogen) atoms. The van der Waals surface area contributed by atoms with Crippen LogP contribution in [0.25, 0.3) is 0 Å². The Morgan fingerprint density at radius 2 is 1.88 bits per heavy atom. The lowest BCUT2D eigenvalue weighted by Crippen LogP contribution is -2.13. The Labute approximate surface area is 100 Å². The van der Waals surface area contributed by atoms with E-state index in [1.807, 2.05) is 6.92 Å². The average Bonchev–Trinajstić information content (AvgIpc) is 2.32. The Hall–Kier alpha value is -0.770. The van der Waals surface area contributed by atoms with Gasteiger partial charge in [0.05, 0.1) is 5.02 Å². The summed E-state index contributed by atoms with van der Waals surface area (Å²) in [4.78, 5) is 0. The van der Waals surface area contributed by atoms with Crippen LogP contribution < -0.4 is 5.48 Å². The van der Waals surface area contributed by atoms with Gasteiger partial charge in [-0.2, -0.15) is 0 Å². The van der Waals surface area contributed by atoms with Crippen LogP contribution in [0, 0.1) is 6.92 Å². The molecule has 0 spiro atoms. The van der Waals surface area contributed by atoms with Crippen molar-refractivity contribution >= 4 is 11.6 Å². The van der Waals surface area contributed by atoms with Gasteiger partial charge in [-0.1, -0.05) is 11.6 Å². The molecule has 0 unspecified atom stereocenters. The monoisotopic (exact) mass is 241 g/mol. The number of phenolic OH excluding ortho intramolecular Hbond substituents is 1. The SMILES string of the molecule is Cc1c(CNO)c(O)c(Cl)c2c1CCCC2. The van der Waals surface area contributed by atoms with Gasteiger partial charge in [-0.25, -0.2) is 5.48 Å². The van der Waals surface area contributed by atoms with E-state index in [4.69, 9.17) is 16.8 Å². The zero-order valence-corrected chi connectivity index (χ0v) is 10.1. The number of halogens is 1. The lowest BCUT2D eigenvalue weighted by Gasteiger charge is -2.23. The molecule has 0 aromatic heterocycles. The highest BCUT2D eigenvalue weighted by molar-refractivity contribution is 6.33. The fourth-order valence-corrected chi connectivity index (χ4v) is 2.81. The number of hydroxylamine groups is 1. The molecule has 1 aliphatic carbocycles. The largest absolute Gasteiger partial charge is 0.506 e. The summed E-state index contributed by atoms with van der Waals surface area (Å²) in [6.45, 7) is 2.21. The van der Waals surface area contributed by atoms with Gasteiger partial charge in [0, 0.05) is 12.1 Å². The number of benzene rings is 1. The second-order valence-electron chi connectivity index (χ2n) is 4.27. The number of nitrogens with one attached hydrogen (secondary N) is 1. The molecule has 0 amide bonds. The van der Waals surface area contributed by atoms with Gasteiger partial charge in [0.1, 0.15) is 5.75 Å². The lowest BCUT2D eigenvalue weighted by atomic mass is 9.86. The highest BCUT2D eigenvalue weighted by Gasteiger charge is 2.21. The standard InChI is InChI=1S/C12H16ClNO2/c1-7-8-4-2-3-5-9(8)11(13)12(15)10(7)6-14-16/h14-16H,2-6H2,1H3. The van der Waals surface area contributed by atoms with Gasteiger partial charge in [-0.05, 0) is 49.3 Å². The highest BCUT2D eigenvalue weighted by atomic mass is 35.5. The molecule has 2 rings (SSSR count). The highest BCUT2D eigenvalue weighted by Crippen LogP contribution is 2.40. The van der Waals surface area contributed by atoms with E-state index in [9.17, 15) is 5.11 Å². The third-order valence-corrected chi connectivity index (χ3v) is 3.79. The van der Waals surface area contributed by atoms with Crippen molar-refractivity contribution in [1.82, 2.24) is 5.48 Å². The van der Waals surface area contributed by atoms with Gasteiger partial charge in [0.2, 0.25) is 0 Å². The summed E-state index contributed by atoms with van der Waals surface area (Å²) < 4.78 is 0. The molecule has 0 bridgehead atoms. The summed E-state index contributed by atoms with van der Waals surface area (Å²) in [5.74, 6) is 0.112. The zero-order chi connectivity index (χ0) is 11.7. The van der Waals surface area contributed by atoms with Crippen molar-refractivity contribution in [3.63, 3.8) is 0 Å². The van der Waals surface area contributed by atoms with Crippen LogP contribution in [0.1, 0.15) is 35.1 Å². The third-order valence-electron chi connectivity index (χ3n) is 3.39. The second kappa shape index (κ2) is 4.62. The van der Waals surface area contributed by atoms with Crippen LogP contribution in [0.4, 0.5) is 0 Å². The van der Waals surface area contributed by atoms with Gasteiger partial charge >= 0.3 is 0 Å². The van der Waals surface area contributed by atoms with Crippen LogP contribution in [0.5, 0.6) is 5.75 Å². The number of aromatic hydroxyl groups is 1. The zero-order valence-electron chi connectivity index (χ0n) is 9.31. The smallest absolute Gasteiger partial charge is 0.139 e. The molecular formula is C12H16ClNO2. The summed E-state index contributed by atoms with van der Waals surface area (Å²) in [6, 6.07) is 0. The van der Waals surface area contributed by atoms with Crippen molar-refractivity contribution in [2.45, 2.75) is 39.2 Å². The average molecular weight is 242 g/mol. The Balaban J connectivity index is 2.60. The minimum atomic E-state index is 0.112. The minimum Gasteiger partial charge on any atom is -0.506 e. The molecule has 3 N–H and O–H groups in total. The lowest BCUT2D eigenvalue weighted by molar-refractivity contribution is 0.160. The Kier molecular flexibility index (Phi) is 3.38.